The number of furan rings is 2. The minimum atomic E-state index is 0.833. The summed E-state index contributed by atoms with van der Waals surface area (Å²) >= 11 is 0. The number of para-hydroxylation sites is 4. The van der Waals surface area contributed by atoms with Crippen molar-refractivity contribution in [3.8, 4) is 22.3 Å². The first-order chi connectivity index (χ1) is 24.3. The molecule has 10 aromatic rings. The zero-order valence-corrected chi connectivity index (χ0v) is 26.5. The normalized spacial score (nSPS) is 11.7. The summed E-state index contributed by atoms with van der Waals surface area (Å²) in [6.45, 7) is 0. The number of nitrogens with zero attached hydrogens (tertiary/aromatic N) is 1. The van der Waals surface area contributed by atoms with E-state index in [0.717, 1.165) is 72.1 Å². The van der Waals surface area contributed by atoms with Gasteiger partial charge in [0.15, 0.2) is 11.2 Å². The van der Waals surface area contributed by atoms with Crippen molar-refractivity contribution in [2.75, 3.05) is 4.90 Å². The van der Waals surface area contributed by atoms with Crippen molar-refractivity contribution in [2.45, 2.75) is 0 Å². The summed E-state index contributed by atoms with van der Waals surface area (Å²) in [5, 5.41) is 6.84. The molecule has 0 N–H and O–H groups in total. The van der Waals surface area contributed by atoms with E-state index in [1.165, 1.54) is 21.9 Å². The highest BCUT2D eigenvalue weighted by molar-refractivity contribution is 6.14. The van der Waals surface area contributed by atoms with Gasteiger partial charge in [0.2, 0.25) is 0 Å². The maximum atomic E-state index is 6.62. The SMILES string of the molecule is c1cc(-c2cccc(N(c3cccc4c3oc3ccccc34)c3cccc4c3oc3ccccc34)c2)cc(-c2cccc3ccccc23)c1. The van der Waals surface area contributed by atoms with Gasteiger partial charge in [-0.05, 0) is 75.5 Å². The molecule has 49 heavy (non-hydrogen) atoms. The molecule has 0 aliphatic carbocycles. The molecule has 0 saturated carbocycles. The molecule has 0 spiro atoms. The molecule has 0 bridgehead atoms. The highest BCUT2D eigenvalue weighted by atomic mass is 16.3. The molecule has 2 heterocycles. The van der Waals surface area contributed by atoms with Gasteiger partial charge in [-0.25, -0.2) is 0 Å². The smallest absolute Gasteiger partial charge is 0.159 e. The maximum absolute atomic E-state index is 6.62. The molecular weight excluding hydrogens is 599 g/mol. The number of benzene rings is 8. The van der Waals surface area contributed by atoms with Crippen LogP contribution >= 0.6 is 0 Å². The zero-order chi connectivity index (χ0) is 32.3. The number of fused-ring (bicyclic) bond motifs is 7. The van der Waals surface area contributed by atoms with Gasteiger partial charge >= 0.3 is 0 Å². The van der Waals surface area contributed by atoms with Crippen LogP contribution in [-0.4, -0.2) is 0 Å². The van der Waals surface area contributed by atoms with Crippen LogP contribution in [0, 0.1) is 0 Å². The maximum Gasteiger partial charge on any atom is 0.159 e. The molecule has 0 saturated heterocycles. The highest BCUT2D eigenvalue weighted by Crippen LogP contribution is 2.46. The number of hydrogen-bond donors (Lipinski definition) is 0. The minimum Gasteiger partial charge on any atom is -0.454 e. The number of anilines is 3. The first kappa shape index (κ1) is 27.5. The van der Waals surface area contributed by atoms with E-state index < -0.39 is 0 Å². The Bertz CT molecular complexity index is 2740. The molecule has 230 valence electrons. The summed E-state index contributed by atoms with van der Waals surface area (Å²) in [6, 6.07) is 62.0. The van der Waals surface area contributed by atoms with Crippen LogP contribution in [-0.2, 0) is 0 Å². The molecular formula is C46H29NO2. The average Bonchev–Trinajstić information content (AvgIpc) is 3.75. The zero-order valence-electron chi connectivity index (χ0n) is 26.5. The monoisotopic (exact) mass is 627 g/mol. The third-order valence-corrected chi connectivity index (χ3v) is 9.65. The van der Waals surface area contributed by atoms with Gasteiger partial charge in [0.1, 0.15) is 11.2 Å². The van der Waals surface area contributed by atoms with Gasteiger partial charge in [0, 0.05) is 27.2 Å². The van der Waals surface area contributed by atoms with Crippen LogP contribution in [0.1, 0.15) is 0 Å². The van der Waals surface area contributed by atoms with Gasteiger partial charge in [-0.15, -0.1) is 0 Å². The highest BCUT2D eigenvalue weighted by Gasteiger charge is 2.23. The predicted molar refractivity (Wildman–Crippen MR) is 204 cm³/mol. The molecule has 0 radical (unpaired) electrons. The Hall–Kier alpha value is -6.58. The van der Waals surface area contributed by atoms with Crippen LogP contribution in [0.25, 0.3) is 76.9 Å². The van der Waals surface area contributed by atoms with Crippen LogP contribution < -0.4 is 4.90 Å². The first-order valence-corrected chi connectivity index (χ1v) is 16.6. The summed E-state index contributed by atoms with van der Waals surface area (Å²) in [7, 11) is 0. The first-order valence-electron chi connectivity index (χ1n) is 16.6. The molecule has 2 aromatic heterocycles. The van der Waals surface area contributed by atoms with E-state index in [9.17, 15) is 0 Å². The quantitative estimate of drug-likeness (QED) is 0.190. The van der Waals surface area contributed by atoms with Crippen LogP contribution in [0.4, 0.5) is 17.1 Å². The standard InChI is InChI=1S/C46H29NO2/c1-2-18-35-30(12-1)13-9-21-36(35)33-16-7-14-31(28-33)32-15-8-17-34(29-32)47(41-24-10-22-39-37-19-3-5-26-43(37)48-45(39)41)42-25-11-23-40-38-20-4-6-27-44(38)49-46(40)42/h1-29H. The van der Waals surface area contributed by atoms with E-state index in [1.54, 1.807) is 0 Å². The second-order valence-corrected chi connectivity index (χ2v) is 12.5. The van der Waals surface area contributed by atoms with Crippen molar-refractivity contribution in [1.29, 1.82) is 0 Å². The largest absolute Gasteiger partial charge is 0.454 e. The Kier molecular flexibility index (Phi) is 6.18. The minimum absolute atomic E-state index is 0.833. The summed E-state index contributed by atoms with van der Waals surface area (Å²) < 4.78 is 13.2. The van der Waals surface area contributed by atoms with E-state index in [4.69, 9.17) is 8.83 Å². The van der Waals surface area contributed by atoms with Crippen LogP contribution in [0.15, 0.2) is 185 Å². The second kappa shape index (κ2) is 11.0. The number of hydrogen-bond acceptors (Lipinski definition) is 3. The third kappa shape index (κ3) is 4.44. The Morgan fingerprint density at radius 3 is 1.53 bits per heavy atom. The lowest BCUT2D eigenvalue weighted by Gasteiger charge is -2.26. The molecule has 3 nitrogen and oxygen atoms in total. The molecule has 0 aliphatic rings. The fraction of sp³-hybridized carbons (Fsp3) is 0. The molecule has 0 atom stereocenters. The van der Waals surface area contributed by atoms with Crippen molar-refractivity contribution in [3.05, 3.63) is 176 Å². The van der Waals surface area contributed by atoms with E-state index in [1.807, 2.05) is 24.3 Å². The van der Waals surface area contributed by atoms with Crippen molar-refractivity contribution in [3.63, 3.8) is 0 Å². The lowest BCUT2D eigenvalue weighted by Crippen LogP contribution is -2.10. The van der Waals surface area contributed by atoms with E-state index in [0.29, 0.717) is 0 Å². The van der Waals surface area contributed by atoms with Crippen LogP contribution in [0.2, 0.25) is 0 Å². The van der Waals surface area contributed by atoms with Crippen LogP contribution in [0.5, 0.6) is 0 Å². The molecule has 0 amide bonds. The average molecular weight is 628 g/mol. The van der Waals surface area contributed by atoms with Gasteiger partial charge in [-0.3, -0.25) is 0 Å². The molecule has 0 unspecified atom stereocenters. The topological polar surface area (TPSA) is 29.5 Å². The van der Waals surface area contributed by atoms with Crippen molar-refractivity contribution >= 4 is 71.7 Å². The lowest BCUT2D eigenvalue weighted by molar-refractivity contribution is 0.666. The van der Waals surface area contributed by atoms with Crippen molar-refractivity contribution in [1.82, 2.24) is 0 Å². The predicted octanol–water partition coefficient (Wildman–Crippen LogP) is 13.4. The summed E-state index contributed by atoms with van der Waals surface area (Å²) in [5.74, 6) is 0. The number of rotatable bonds is 5. The van der Waals surface area contributed by atoms with E-state index in [2.05, 4.69) is 157 Å². The summed E-state index contributed by atoms with van der Waals surface area (Å²) in [6.07, 6.45) is 0. The Labute approximate surface area is 282 Å². The molecule has 10 rings (SSSR count). The molecule has 0 fully saturated rings. The second-order valence-electron chi connectivity index (χ2n) is 12.5. The van der Waals surface area contributed by atoms with Gasteiger partial charge in [0.05, 0.1) is 11.4 Å². The fourth-order valence-electron chi connectivity index (χ4n) is 7.39. The van der Waals surface area contributed by atoms with Gasteiger partial charge in [-0.2, -0.15) is 0 Å². The summed E-state index contributed by atoms with van der Waals surface area (Å²) in [4.78, 5) is 2.29. The van der Waals surface area contributed by atoms with Gasteiger partial charge in [-0.1, -0.05) is 133 Å². The third-order valence-electron chi connectivity index (χ3n) is 9.65. The van der Waals surface area contributed by atoms with E-state index in [-0.39, 0.29) is 0 Å². The molecule has 0 aliphatic heterocycles. The fourth-order valence-corrected chi connectivity index (χ4v) is 7.39. The van der Waals surface area contributed by atoms with Gasteiger partial charge in [0.25, 0.3) is 0 Å². The van der Waals surface area contributed by atoms with E-state index >= 15 is 0 Å². The van der Waals surface area contributed by atoms with Crippen molar-refractivity contribution in [2.24, 2.45) is 0 Å². The summed E-state index contributed by atoms with van der Waals surface area (Å²) in [5.41, 5.74) is 11.0. The Morgan fingerprint density at radius 2 is 0.837 bits per heavy atom. The van der Waals surface area contributed by atoms with Gasteiger partial charge < -0.3 is 13.7 Å². The molecule has 8 aromatic carbocycles. The lowest BCUT2D eigenvalue weighted by atomic mass is 9.95. The van der Waals surface area contributed by atoms with Crippen LogP contribution in [0.3, 0.4) is 0 Å². The van der Waals surface area contributed by atoms with Crippen molar-refractivity contribution < 1.29 is 8.83 Å². The molecule has 3 heteroatoms. The Balaban J connectivity index is 1.19. The Morgan fingerprint density at radius 1 is 0.347 bits per heavy atom.